The van der Waals surface area contributed by atoms with E-state index in [-0.39, 0.29) is 11.7 Å². The Bertz CT molecular complexity index is 457. The van der Waals surface area contributed by atoms with E-state index in [9.17, 15) is 9.59 Å². The average molecular weight is 246 g/mol. The van der Waals surface area contributed by atoms with Gasteiger partial charge in [-0.2, -0.15) is 0 Å². The number of nitrogens with zero attached hydrogens (tertiary/aromatic N) is 1. The third-order valence-corrected chi connectivity index (χ3v) is 3.05. The summed E-state index contributed by atoms with van der Waals surface area (Å²) in [6.07, 6.45) is 0.896. The molecule has 1 aliphatic rings. The first kappa shape index (κ1) is 12.8. The first-order chi connectivity index (χ1) is 8.65. The van der Waals surface area contributed by atoms with Crippen molar-refractivity contribution < 1.29 is 9.59 Å². The lowest BCUT2D eigenvalue weighted by Crippen LogP contribution is -2.36. The van der Waals surface area contributed by atoms with E-state index in [1.165, 1.54) is 0 Å². The maximum Gasteiger partial charge on any atom is 0.234 e. The van der Waals surface area contributed by atoms with Crippen molar-refractivity contribution >= 4 is 11.7 Å². The minimum absolute atomic E-state index is 0.00421. The molecule has 0 aliphatic carbocycles. The van der Waals surface area contributed by atoms with Crippen LogP contribution in [0.3, 0.4) is 0 Å². The molecule has 1 fully saturated rings. The van der Waals surface area contributed by atoms with E-state index >= 15 is 0 Å². The Morgan fingerprint density at radius 2 is 2.28 bits per heavy atom. The summed E-state index contributed by atoms with van der Waals surface area (Å²) >= 11 is 0. The van der Waals surface area contributed by atoms with Crippen LogP contribution in [0.1, 0.15) is 22.3 Å². The molecule has 0 atom stereocenters. The fourth-order valence-corrected chi connectivity index (χ4v) is 2.12. The van der Waals surface area contributed by atoms with Gasteiger partial charge in [-0.15, -0.1) is 0 Å². The number of benzene rings is 1. The predicted molar refractivity (Wildman–Crippen MR) is 69.6 cm³/mol. The van der Waals surface area contributed by atoms with Crippen molar-refractivity contribution in [2.75, 3.05) is 26.2 Å². The normalized spacial score (nSPS) is 17.1. The van der Waals surface area contributed by atoms with Crippen molar-refractivity contribution in [2.24, 2.45) is 0 Å². The van der Waals surface area contributed by atoms with E-state index in [2.05, 4.69) is 5.32 Å². The molecular formula is C14H18N2O2. The van der Waals surface area contributed by atoms with Gasteiger partial charge in [-0.05, 0) is 19.4 Å². The molecule has 0 unspecified atom stereocenters. The number of carbonyl (C=O) groups is 2. The van der Waals surface area contributed by atoms with Gasteiger partial charge in [0.15, 0.2) is 5.78 Å². The number of carbonyl (C=O) groups excluding carboxylic acids is 2. The molecule has 1 heterocycles. The van der Waals surface area contributed by atoms with Gasteiger partial charge in [0.05, 0.1) is 13.1 Å². The predicted octanol–water partition coefficient (Wildman–Crippen LogP) is 1.000. The zero-order valence-corrected chi connectivity index (χ0v) is 10.6. The molecule has 1 aromatic carbocycles. The Kier molecular flexibility index (Phi) is 4.10. The van der Waals surface area contributed by atoms with E-state index in [0.717, 1.165) is 24.1 Å². The number of Topliss-reactive ketones (excluding diaryl/α,β-unsaturated/α-hetero) is 1. The van der Waals surface area contributed by atoms with Gasteiger partial charge in [0, 0.05) is 18.7 Å². The van der Waals surface area contributed by atoms with E-state index in [1.807, 2.05) is 36.1 Å². The smallest absolute Gasteiger partial charge is 0.234 e. The van der Waals surface area contributed by atoms with Gasteiger partial charge in [0.2, 0.25) is 5.91 Å². The minimum atomic E-state index is 0.00421. The van der Waals surface area contributed by atoms with Crippen molar-refractivity contribution in [1.29, 1.82) is 0 Å². The number of aryl methyl sites for hydroxylation is 1. The summed E-state index contributed by atoms with van der Waals surface area (Å²) in [5, 5.41) is 2.80. The molecule has 1 amide bonds. The van der Waals surface area contributed by atoms with Crippen LogP contribution in [0.2, 0.25) is 0 Å². The van der Waals surface area contributed by atoms with Crippen LogP contribution in [0.5, 0.6) is 0 Å². The maximum atomic E-state index is 12.1. The average Bonchev–Trinajstić information content (AvgIpc) is 2.53. The zero-order valence-electron chi connectivity index (χ0n) is 10.6. The molecule has 1 aromatic rings. The Balaban J connectivity index is 2.00. The van der Waals surface area contributed by atoms with Gasteiger partial charge in [-0.3, -0.25) is 14.5 Å². The second kappa shape index (κ2) is 5.78. The van der Waals surface area contributed by atoms with Crippen LogP contribution in [-0.2, 0) is 4.79 Å². The Morgan fingerprint density at radius 1 is 1.44 bits per heavy atom. The summed E-state index contributed by atoms with van der Waals surface area (Å²) in [6, 6.07) is 7.57. The maximum absolute atomic E-state index is 12.1. The van der Waals surface area contributed by atoms with Crippen LogP contribution in [0, 0.1) is 6.92 Å². The van der Waals surface area contributed by atoms with Crippen molar-refractivity contribution in [2.45, 2.75) is 13.3 Å². The molecule has 1 N–H and O–H groups in total. The lowest BCUT2D eigenvalue weighted by molar-refractivity contribution is -0.121. The number of nitrogens with one attached hydrogen (secondary N) is 1. The second-order valence-corrected chi connectivity index (χ2v) is 4.71. The van der Waals surface area contributed by atoms with Gasteiger partial charge in [0.25, 0.3) is 0 Å². The van der Waals surface area contributed by atoms with Crippen molar-refractivity contribution in [3.05, 3.63) is 35.4 Å². The molecule has 0 spiro atoms. The number of hydrogen-bond donors (Lipinski definition) is 1. The lowest BCUT2D eigenvalue weighted by atomic mass is 10.1. The Labute approximate surface area is 107 Å². The van der Waals surface area contributed by atoms with Crippen molar-refractivity contribution in [3.8, 4) is 0 Å². The van der Waals surface area contributed by atoms with Crippen LogP contribution < -0.4 is 5.32 Å². The molecule has 0 saturated carbocycles. The van der Waals surface area contributed by atoms with E-state index in [0.29, 0.717) is 19.6 Å². The van der Waals surface area contributed by atoms with Gasteiger partial charge < -0.3 is 5.32 Å². The number of ketones is 1. The van der Waals surface area contributed by atoms with Crippen LogP contribution in [0.15, 0.2) is 24.3 Å². The number of amides is 1. The fraction of sp³-hybridized carbons (Fsp3) is 0.429. The van der Waals surface area contributed by atoms with E-state index < -0.39 is 0 Å². The summed E-state index contributed by atoms with van der Waals surface area (Å²) in [7, 11) is 0. The molecule has 2 rings (SSSR count). The van der Waals surface area contributed by atoms with Crippen molar-refractivity contribution in [1.82, 2.24) is 10.2 Å². The molecule has 1 aliphatic heterocycles. The summed E-state index contributed by atoms with van der Waals surface area (Å²) < 4.78 is 0. The minimum Gasteiger partial charge on any atom is -0.355 e. The van der Waals surface area contributed by atoms with E-state index in [1.54, 1.807) is 0 Å². The van der Waals surface area contributed by atoms with Crippen LogP contribution in [-0.4, -0.2) is 42.8 Å². The van der Waals surface area contributed by atoms with Crippen LogP contribution in [0.4, 0.5) is 0 Å². The third kappa shape index (κ3) is 3.40. The molecule has 1 saturated heterocycles. The fourth-order valence-electron chi connectivity index (χ4n) is 2.12. The molecule has 96 valence electrons. The summed E-state index contributed by atoms with van der Waals surface area (Å²) in [5.74, 6) is 0.0814. The number of hydrogen-bond acceptors (Lipinski definition) is 3. The first-order valence-corrected chi connectivity index (χ1v) is 6.24. The summed E-state index contributed by atoms with van der Waals surface area (Å²) in [6.45, 7) is 4.09. The molecule has 4 nitrogen and oxygen atoms in total. The quantitative estimate of drug-likeness (QED) is 0.809. The Morgan fingerprint density at radius 3 is 3.06 bits per heavy atom. The molecular weight excluding hydrogens is 228 g/mol. The monoisotopic (exact) mass is 246 g/mol. The SMILES string of the molecule is Cc1cccc(C(=O)CN2CCCNC(=O)C2)c1. The van der Waals surface area contributed by atoms with Gasteiger partial charge in [-0.1, -0.05) is 23.8 Å². The largest absolute Gasteiger partial charge is 0.355 e. The highest BCUT2D eigenvalue weighted by atomic mass is 16.2. The van der Waals surface area contributed by atoms with Crippen molar-refractivity contribution in [3.63, 3.8) is 0 Å². The highest BCUT2D eigenvalue weighted by Gasteiger charge is 2.17. The topological polar surface area (TPSA) is 49.4 Å². The van der Waals surface area contributed by atoms with Gasteiger partial charge in [0.1, 0.15) is 0 Å². The second-order valence-electron chi connectivity index (χ2n) is 4.71. The zero-order chi connectivity index (χ0) is 13.0. The summed E-state index contributed by atoms with van der Waals surface area (Å²) in [4.78, 5) is 25.4. The first-order valence-electron chi connectivity index (χ1n) is 6.24. The summed E-state index contributed by atoms with van der Waals surface area (Å²) in [5.41, 5.74) is 1.80. The van der Waals surface area contributed by atoms with E-state index in [4.69, 9.17) is 0 Å². The van der Waals surface area contributed by atoms with Crippen LogP contribution >= 0.6 is 0 Å². The lowest BCUT2D eigenvalue weighted by Gasteiger charge is -2.17. The third-order valence-electron chi connectivity index (χ3n) is 3.05. The van der Waals surface area contributed by atoms with Crippen LogP contribution in [0.25, 0.3) is 0 Å². The molecule has 18 heavy (non-hydrogen) atoms. The molecule has 0 bridgehead atoms. The molecule has 0 aromatic heterocycles. The molecule has 4 heteroatoms. The number of rotatable bonds is 3. The van der Waals surface area contributed by atoms with Gasteiger partial charge in [-0.25, -0.2) is 0 Å². The van der Waals surface area contributed by atoms with Gasteiger partial charge >= 0.3 is 0 Å². The highest BCUT2D eigenvalue weighted by Crippen LogP contribution is 2.07. The molecule has 0 radical (unpaired) electrons. The standard InChI is InChI=1S/C14H18N2O2/c1-11-4-2-5-12(8-11)13(17)9-16-7-3-6-15-14(18)10-16/h2,4-5,8H,3,6-7,9-10H2,1H3,(H,15,18). The Hall–Kier alpha value is -1.68. The highest BCUT2D eigenvalue weighted by molar-refractivity contribution is 5.98.